The fourth-order valence-electron chi connectivity index (χ4n) is 3.07. The lowest BCUT2D eigenvalue weighted by Gasteiger charge is -2.21. The molecule has 0 aliphatic heterocycles. The standard InChI is InChI=1S/C19H19IO2/c21-19(22)17-8-4-5-9-18(17)20-16-12-10-15(11-13-16)14-6-2-1-3-7-14/h4-5,8-14H,1-3,6-7H2/p+1. The molecule has 0 aromatic heterocycles. The van der Waals surface area contributed by atoms with Crippen LogP contribution in [0.3, 0.4) is 0 Å². The minimum absolute atomic E-state index is 0.439. The molecule has 3 heteroatoms. The van der Waals surface area contributed by atoms with E-state index in [0.29, 0.717) is 5.56 Å². The Morgan fingerprint density at radius 3 is 2.32 bits per heavy atom. The summed E-state index contributed by atoms with van der Waals surface area (Å²) in [5.41, 5.74) is 1.91. The van der Waals surface area contributed by atoms with E-state index in [1.165, 1.54) is 41.2 Å². The fourth-order valence-corrected chi connectivity index (χ4v) is 5.55. The van der Waals surface area contributed by atoms with Gasteiger partial charge in [-0.1, -0.05) is 43.5 Å². The molecule has 0 amide bonds. The van der Waals surface area contributed by atoms with Crippen LogP contribution < -0.4 is 21.2 Å². The van der Waals surface area contributed by atoms with E-state index in [1.807, 2.05) is 12.1 Å². The van der Waals surface area contributed by atoms with Gasteiger partial charge < -0.3 is 5.11 Å². The first-order chi connectivity index (χ1) is 10.7. The van der Waals surface area contributed by atoms with Gasteiger partial charge in [0.1, 0.15) is 5.56 Å². The highest BCUT2D eigenvalue weighted by molar-refractivity contribution is 5.87. The summed E-state index contributed by atoms with van der Waals surface area (Å²) in [7, 11) is 0. The number of aromatic carboxylic acids is 1. The zero-order valence-electron chi connectivity index (χ0n) is 12.5. The average Bonchev–Trinajstić information content (AvgIpc) is 2.57. The molecule has 0 heterocycles. The molecule has 1 aliphatic carbocycles. The van der Waals surface area contributed by atoms with Crippen molar-refractivity contribution in [3.05, 3.63) is 66.8 Å². The largest absolute Gasteiger partial charge is 0.478 e. The highest BCUT2D eigenvalue weighted by Gasteiger charge is 2.23. The summed E-state index contributed by atoms with van der Waals surface area (Å²) in [6.45, 7) is 0. The molecule has 2 aromatic rings. The molecule has 1 fully saturated rings. The van der Waals surface area contributed by atoms with Gasteiger partial charge in [0.2, 0.25) is 3.57 Å². The van der Waals surface area contributed by atoms with Gasteiger partial charge in [-0.15, -0.1) is 0 Å². The molecule has 2 aromatic carbocycles. The maximum Gasteiger partial charge on any atom is 0.358 e. The molecule has 1 N–H and O–H groups in total. The van der Waals surface area contributed by atoms with E-state index in [9.17, 15) is 9.90 Å². The summed E-state index contributed by atoms with van der Waals surface area (Å²) < 4.78 is 2.27. The van der Waals surface area contributed by atoms with Crippen molar-refractivity contribution in [2.45, 2.75) is 38.0 Å². The third-order valence-corrected chi connectivity index (χ3v) is 7.13. The Bertz CT molecular complexity index is 643. The Morgan fingerprint density at radius 1 is 0.955 bits per heavy atom. The molecule has 2 nitrogen and oxygen atoms in total. The third kappa shape index (κ3) is 3.69. The van der Waals surface area contributed by atoms with Crippen LogP contribution in [0, 0.1) is 7.14 Å². The number of halogens is 1. The number of carboxylic acids is 1. The SMILES string of the molecule is O=C(O)c1ccccc1[I+]c1ccc(C2CCCCC2)cc1. The molecule has 0 bridgehead atoms. The van der Waals surface area contributed by atoms with Crippen molar-refractivity contribution >= 4 is 5.97 Å². The molecule has 0 radical (unpaired) electrons. The smallest absolute Gasteiger partial charge is 0.358 e. The normalized spacial score (nSPS) is 15.6. The van der Waals surface area contributed by atoms with Gasteiger partial charge in [-0.25, -0.2) is 4.79 Å². The number of hydrogen-bond acceptors (Lipinski definition) is 1. The van der Waals surface area contributed by atoms with Crippen LogP contribution in [0.4, 0.5) is 0 Å². The van der Waals surface area contributed by atoms with Crippen LogP contribution in [-0.2, 0) is 0 Å². The minimum atomic E-state index is -0.825. The summed E-state index contributed by atoms with van der Waals surface area (Å²) in [4.78, 5) is 11.3. The van der Waals surface area contributed by atoms with Crippen molar-refractivity contribution in [1.29, 1.82) is 0 Å². The lowest BCUT2D eigenvalue weighted by atomic mass is 9.84. The molecule has 114 valence electrons. The summed E-state index contributed by atoms with van der Waals surface area (Å²) in [6, 6.07) is 16.3. The second-order valence-corrected chi connectivity index (χ2v) is 8.71. The summed E-state index contributed by atoms with van der Waals surface area (Å²) in [5.74, 6) is -0.0959. The molecule has 0 atom stereocenters. The molecule has 22 heavy (non-hydrogen) atoms. The first-order valence-corrected chi connectivity index (χ1v) is 9.97. The van der Waals surface area contributed by atoms with Crippen molar-refractivity contribution < 1.29 is 31.1 Å². The monoisotopic (exact) mass is 407 g/mol. The van der Waals surface area contributed by atoms with Gasteiger partial charge in [0.25, 0.3) is 0 Å². The van der Waals surface area contributed by atoms with Crippen LogP contribution in [0.15, 0.2) is 48.5 Å². The van der Waals surface area contributed by atoms with E-state index in [0.717, 1.165) is 9.49 Å². The minimum Gasteiger partial charge on any atom is -0.478 e. The molecular weight excluding hydrogens is 387 g/mol. The predicted molar refractivity (Wildman–Crippen MR) is 83.1 cm³/mol. The maximum absolute atomic E-state index is 11.3. The highest BCUT2D eigenvalue weighted by Crippen LogP contribution is 2.32. The first kappa shape index (κ1) is 15.5. The topological polar surface area (TPSA) is 37.3 Å². The number of hydrogen-bond donors (Lipinski definition) is 1. The molecular formula is C19H20IO2+. The second-order valence-electron chi connectivity index (χ2n) is 5.77. The molecule has 0 unspecified atom stereocenters. The van der Waals surface area contributed by atoms with Crippen LogP contribution in [0.1, 0.15) is 53.9 Å². The van der Waals surface area contributed by atoms with E-state index in [2.05, 4.69) is 24.3 Å². The Kier molecular flexibility index (Phi) is 5.13. The van der Waals surface area contributed by atoms with Gasteiger partial charge in [0.05, 0.1) is 0 Å². The van der Waals surface area contributed by atoms with Crippen molar-refractivity contribution in [2.75, 3.05) is 0 Å². The molecule has 1 saturated carbocycles. The Balaban J connectivity index is 1.75. The van der Waals surface area contributed by atoms with Gasteiger partial charge in [-0.2, -0.15) is 0 Å². The quantitative estimate of drug-likeness (QED) is 0.782. The molecule has 0 saturated heterocycles. The van der Waals surface area contributed by atoms with Crippen molar-refractivity contribution in [3.63, 3.8) is 0 Å². The lowest BCUT2D eigenvalue weighted by Crippen LogP contribution is -3.61. The van der Waals surface area contributed by atoms with Crippen molar-refractivity contribution in [2.24, 2.45) is 0 Å². The predicted octanol–water partition coefficient (Wildman–Crippen LogP) is 1.56. The first-order valence-electron chi connectivity index (χ1n) is 7.81. The molecule has 3 rings (SSSR count). The number of carbonyl (C=O) groups is 1. The van der Waals surface area contributed by atoms with Gasteiger partial charge >= 0.3 is 27.2 Å². The van der Waals surface area contributed by atoms with Crippen LogP contribution in [0.2, 0.25) is 0 Å². The van der Waals surface area contributed by atoms with E-state index >= 15 is 0 Å². The summed E-state index contributed by atoms with van der Waals surface area (Å²) in [5, 5.41) is 9.28. The van der Waals surface area contributed by atoms with Crippen LogP contribution in [0.5, 0.6) is 0 Å². The average molecular weight is 407 g/mol. The number of rotatable bonds is 4. The van der Waals surface area contributed by atoms with E-state index in [-0.39, 0.29) is 0 Å². The van der Waals surface area contributed by atoms with E-state index in [1.54, 1.807) is 12.1 Å². The van der Waals surface area contributed by atoms with Crippen LogP contribution in [0.25, 0.3) is 0 Å². The zero-order chi connectivity index (χ0) is 15.4. The highest BCUT2D eigenvalue weighted by atomic mass is 127. The third-order valence-electron chi connectivity index (χ3n) is 4.26. The fraction of sp³-hybridized carbons (Fsp3) is 0.316. The van der Waals surface area contributed by atoms with E-state index in [4.69, 9.17) is 0 Å². The van der Waals surface area contributed by atoms with Gasteiger partial charge in [-0.05, 0) is 48.6 Å². The van der Waals surface area contributed by atoms with Crippen LogP contribution >= 0.6 is 0 Å². The Labute approximate surface area is 141 Å². The Hall–Kier alpha value is -1.36. The summed E-state index contributed by atoms with van der Waals surface area (Å²) in [6.07, 6.45) is 6.72. The van der Waals surface area contributed by atoms with Crippen molar-refractivity contribution in [3.8, 4) is 0 Å². The van der Waals surface area contributed by atoms with Gasteiger partial charge in [0, 0.05) is 0 Å². The van der Waals surface area contributed by atoms with Gasteiger partial charge in [-0.3, -0.25) is 0 Å². The summed E-state index contributed by atoms with van der Waals surface area (Å²) >= 11 is -0.439. The van der Waals surface area contributed by atoms with E-state index < -0.39 is 27.2 Å². The van der Waals surface area contributed by atoms with Gasteiger partial charge in [0.15, 0.2) is 3.57 Å². The maximum atomic E-state index is 11.3. The Morgan fingerprint density at radius 2 is 1.64 bits per heavy atom. The number of benzene rings is 2. The lowest BCUT2D eigenvalue weighted by molar-refractivity contribution is -0.597. The molecule has 0 spiro atoms. The van der Waals surface area contributed by atoms with Crippen molar-refractivity contribution in [1.82, 2.24) is 0 Å². The second kappa shape index (κ2) is 7.27. The number of carboxylic acid groups (broad SMARTS) is 1. The van der Waals surface area contributed by atoms with Crippen LogP contribution in [-0.4, -0.2) is 11.1 Å². The zero-order valence-corrected chi connectivity index (χ0v) is 14.6. The molecule has 1 aliphatic rings.